The number of amides is 1. The summed E-state index contributed by atoms with van der Waals surface area (Å²) in [5, 5.41) is 5.58. The summed E-state index contributed by atoms with van der Waals surface area (Å²) < 4.78 is 0. The molecule has 3 N–H and O–H groups in total. The summed E-state index contributed by atoms with van der Waals surface area (Å²) in [6, 6.07) is 8.56. The molecule has 1 saturated carbocycles. The summed E-state index contributed by atoms with van der Waals surface area (Å²) >= 11 is 1.47. The maximum Gasteiger partial charge on any atom is 0.229 e. The number of benzene rings is 1. The molecule has 1 heterocycles. The van der Waals surface area contributed by atoms with E-state index in [0.29, 0.717) is 5.13 Å². The number of hydrogen-bond acceptors (Lipinski definition) is 4. The maximum absolute atomic E-state index is 12.2. The maximum atomic E-state index is 12.2. The Hall–Kier alpha value is -1.72. The molecule has 1 fully saturated rings. The number of anilines is 1. The van der Waals surface area contributed by atoms with Crippen LogP contribution in [-0.2, 0) is 11.2 Å². The molecule has 0 radical (unpaired) electrons. The Balaban J connectivity index is 1.66. The highest BCUT2D eigenvalue weighted by Gasteiger charge is 2.28. The number of aromatic nitrogens is 1. The van der Waals surface area contributed by atoms with Gasteiger partial charge in [-0.15, -0.1) is 11.3 Å². The quantitative estimate of drug-likeness (QED) is 0.908. The molecule has 0 aliphatic heterocycles. The Morgan fingerprint density at radius 2 is 2.14 bits per heavy atom. The van der Waals surface area contributed by atoms with Gasteiger partial charge in [-0.1, -0.05) is 31.2 Å². The predicted octanol–water partition coefficient (Wildman–Crippen LogP) is 3.44. The lowest BCUT2D eigenvalue weighted by Gasteiger charge is -2.08. The third-order valence-electron chi connectivity index (χ3n) is 4.24. The van der Waals surface area contributed by atoms with Crippen LogP contribution in [0.4, 0.5) is 5.13 Å². The fourth-order valence-electron chi connectivity index (χ4n) is 2.84. The number of nitrogens with one attached hydrogen (secondary N) is 1. The fourth-order valence-corrected chi connectivity index (χ4v) is 3.56. The van der Waals surface area contributed by atoms with Crippen molar-refractivity contribution >= 4 is 22.4 Å². The van der Waals surface area contributed by atoms with Gasteiger partial charge in [0.1, 0.15) is 0 Å². The minimum Gasteiger partial charge on any atom is -0.328 e. The van der Waals surface area contributed by atoms with Crippen LogP contribution >= 0.6 is 11.3 Å². The second-order valence-electron chi connectivity index (χ2n) is 5.85. The summed E-state index contributed by atoms with van der Waals surface area (Å²) in [7, 11) is 0. The van der Waals surface area contributed by atoms with Gasteiger partial charge in [0, 0.05) is 22.9 Å². The second kappa shape index (κ2) is 6.58. The number of nitrogens with two attached hydrogens (primary N) is 1. The van der Waals surface area contributed by atoms with E-state index in [9.17, 15) is 4.79 Å². The summed E-state index contributed by atoms with van der Waals surface area (Å²) in [6.45, 7) is 2.14. The Bertz CT molecular complexity index is 650. The molecule has 3 rings (SSSR count). The molecule has 22 heavy (non-hydrogen) atoms. The lowest BCUT2D eigenvalue weighted by atomic mass is 10.1. The molecule has 1 amide bonds. The molecule has 1 aliphatic carbocycles. The van der Waals surface area contributed by atoms with Crippen molar-refractivity contribution in [2.75, 3.05) is 5.32 Å². The van der Waals surface area contributed by atoms with E-state index in [-0.39, 0.29) is 17.9 Å². The summed E-state index contributed by atoms with van der Waals surface area (Å²) in [4.78, 5) is 16.7. The SMILES string of the molecule is CCc1ccc(-c2csc(NC(=O)C3CCC(N)C3)n2)cc1. The van der Waals surface area contributed by atoms with E-state index in [1.807, 2.05) is 5.38 Å². The number of hydrogen-bond donors (Lipinski definition) is 2. The van der Waals surface area contributed by atoms with Gasteiger partial charge in [0.05, 0.1) is 5.69 Å². The molecular weight excluding hydrogens is 294 g/mol. The van der Waals surface area contributed by atoms with E-state index in [2.05, 4.69) is 41.5 Å². The van der Waals surface area contributed by atoms with Crippen molar-refractivity contribution in [1.29, 1.82) is 0 Å². The first-order valence-electron chi connectivity index (χ1n) is 7.77. The van der Waals surface area contributed by atoms with Crippen LogP contribution in [-0.4, -0.2) is 16.9 Å². The highest BCUT2D eigenvalue weighted by atomic mass is 32.1. The standard InChI is InChI=1S/C17H21N3OS/c1-2-11-3-5-12(6-4-11)15-10-22-17(19-15)20-16(21)13-7-8-14(18)9-13/h3-6,10,13-14H,2,7-9,18H2,1H3,(H,19,20,21). The summed E-state index contributed by atoms with van der Waals surface area (Å²) in [5.41, 5.74) is 9.17. The number of carbonyl (C=O) groups excluding carboxylic acids is 1. The first-order chi connectivity index (χ1) is 10.7. The van der Waals surface area contributed by atoms with Crippen molar-refractivity contribution in [2.24, 2.45) is 11.7 Å². The van der Waals surface area contributed by atoms with Crippen molar-refractivity contribution in [3.63, 3.8) is 0 Å². The third-order valence-corrected chi connectivity index (χ3v) is 4.99. The zero-order valence-corrected chi connectivity index (χ0v) is 13.5. The second-order valence-corrected chi connectivity index (χ2v) is 6.71. The number of aryl methyl sites for hydroxylation is 1. The topological polar surface area (TPSA) is 68.0 Å². The van der Waals surface area contributed by atoms with Crippen molar-refractivity contribution in [1.82, 2.24) is 4.98 Å². The first-order valence-corrected chi connectivity index (χ1v) is 8.65. The summed E-state index contributed by atoms with van der Waals surface area (Å²) in [5.74, 6) is 0.0846. The molecule has 1 aromatic carbocycles. The van der Waals surface area contributed by atoms with Gasteiger partial charge in [0.2, 0.25) is 5.91 Å². The molecule has 1 aromatic heterocycles. The molecule has 2 aromatic rings. The highest BCUT2D eigenvalue weighted by molar-refractivity contribution is 7.14. The van der Waals surface area contributed by atoms with E-state index in [1.54, 1.807) is 0 Å². The number of carbonyl (C=O) groups is 1. The van der Waals surface area contributed by atoms with Crippen molar-refractivity contribution in [2.45, 2.75) is 38.6 Å². The van der Waals surface area contributed by atoms with E-state index in [1.165, 1.54) is 16.9 Å². The Kier molecular flexibility index (Phi) is 4.55. The van der Waals surface area contributed by atoms with E-state index in [4.69, 9.17) is 5.73 Å². The van der Waals surface area contributed by atoms with Crippen LogP contribution in [0.3, 0.4) is 0 Å². The van der Waals surface area contributed by atoms with Crippen LogP contribution in [0.15, 0.2) is 29.6 Å². The Labute approximate surface area is 134 Å². The molecule has 1 aliphatic rings. The fraction of sp³-hybridized carbons (Fsp3) is 0.412. The normalized spacial score (nSPS) is 21.0. The zero-order valence-electron chi connectivity index (χ0n) is 12.7. The van der Waals surface area contributed by atoms with Gasteiger partial charge in [-0.05, 0) is 31.2 Å². The smallest absolute Gasteiger partial charge is 0.229 e. The molecule has 4 nitrogen and oxygen atoms in total. The average Bonchev–Trinajstić information content (AvgIpc) is 3.16. The van der Waals surface area contributed by atoms with Crippen LogP contribution in [0.5, 0.6) is 0 Å². The van der Waals surface area contributed by atoms with Crippen molar-refractivity contribution < 1.29 is 4.79 Å². The minimum atomic E-state index is 0.0335. The van der Waals surface area contributed by atoms with Crippen LogP contribution in [0.1, 0.15) is 31.7 Å². The lowest BCUT2D eigenvalue weighted by molar-refractivity contribution is -0.119. The largest absolute Gasteiger partial charge is 0.328 e. The van der Waals surface area contributed by atoms with Crippen LogP contribution < -0.4 is 11.1 Å². The molecule has 2 unspecified atom stereocenters. The molecule has 0 spiro atoms. The van der Waals surface area contributed by atoms with Crippen LogP contribution in [0.25, 0.3) is 11.3 Å². The van der Waals surface area contributed by atoms with Gasteiger partial charge in [-0.25, -0.2) is 4.98 Å². The number of nitrogens with zero attached hydrogens (tertiary/aromatic N) is 1. The van der Waals surface area contributed by atoms with E-state index < -0.39 is 0 Å². The minimum absolute atomic E-state index is 0.0335. The van der Waals surface area contributed by atoms with Crippen LogP contribution in [0.2, 0.25) is 0 Å². The van der Waals surface area contributed by atoms with Gasteiger partial charge in [-0.2, -0.15) is 0 Å². The van der Waals surface area contributed by atoms with Crippen LogP contribution in [0, 0.1) is 5.92 Å². The monoisotopic (exact) mass is 315 g/mol. The molecule has 2 atom stereocenters. The number of rotatable bonds is 4. The Morgan fingerprint density at radius 3 is 2.77 bits per heavy atom. The third kappa shape index (κ3) is 3.36. The van der Waals surface area contributed by atoms with E-state index in [0.717, 1.165) is 36.9 Å². The van der Waals surface area contributed by atoms with Gasteiger partial charge in [0.25, 0.3) is 0 Å². The van der Waals surface area contributed by atoms with Gasteiger partial charge in [-0.3, -0.25) is 4.79 Å². The van der Waals surface area contributed by atoms with Gasteiger partial charge >= 0.3 is 0 Å². The first kappa shape index (κ1) is 15.2. The van der Waals surface area contributed by atoms with Crippen molar-refractivity contribution in [3.05, 3.63) is 35.2 Å². The number of thiazole rings is 1. The zero-order chi connectivity index (χ0) is 15.5. The van der Waals surface area contributed by atoms with Crippen molar-refractivity contribution in [3.8, 4) is 11.3 Å². The molecule has 0 bridgehead atoms. The average molecular weight is 315 g/mol. The van der Waals surface area contributed by atoms with Gasteiger partial charge < -0.3 is 11.1 Å². The highest BCUT2D eigenvalue weighted by Crippen LogP contribution is 2.28. The Morgan fingerprint density at radius 1 is 1.36 bits per heavy atom. The molecule has 5 heteroatoms. The molecule has 0 saturated heterocycles. The predicted molar refractivity (Wildman–Crippen MR) is 90.9 cm³/mol. The summed E-state index contributed by atoms with van der Waals surface area (Å²) in [6.07, 6.45) is 3.62. The van der Waals surface area contributed by atoms with E-state index >= 15 is 0 Å². The lowest BCUT2D eigenvalue weighted by Crippen LogP contribution is -2.23. The van der Waals surface area contributed by atoms with Gasteiger partial charge in [0.15, 0.2) is 5.13 Å². The molecule has 116 valence electrons. The molecular formula is C17H21N3OS.